The van der Waals surface area contributed by atoms with Crippen LogP contribution in [0.1, 0.15) is 22.3 Å². The van der Waals surface area contributed by atoms with E-state index in [1.165, 1.54) is 17.0 Å². The summed E-state index contributed by atoms with van der Waals surface area (Å²) in [6, 6.07) is 4.68. The van der Waals surface area contributed by atoms with Gasteiger partial charge in [0.2, 0.25) is 5.91 Å². The van der Waals surface area contributed by atoms with Crippen LogP contribution in [-0.2, 0) is 4.79 Å². The number of carboxylic acid groups (broad SMARTS) is 1. The summed E-state index contributed by atoms with van der Waals surface area (Å²) >= 11 is 0. The number of aromatic carboxylic acids is 1. The molecule has 1 aromatic carbocycles. The highest BCUT2D eigenvalue weighted by Gasteiger charge is 2.08. The number of rotatable bonds is 5. The van der Waals surface area contributed by atoms with Crippen molar-refractivity contribution >= 4 is 11.9 Å². The number of amides is 1. The van der Waals surface area contributed by atoms with E-state index in [4.69, 9.17) is 9.84 Å². The Labute approximate surface area is 106 Å². The van der Waals surface area contributed by atoms with Crippen LogP contribution in [-0.4, -0.2) is 42.6 Å². The predicted molar refractivity (Wildman–Crippen MR) is 66.9 cm³/mol. The molecule has 1 amide bonds. The summed E-state index contributed by atoms with van der Waals surface area (Å²) in [5.74, 6) is -0.521. The zero-order valence-electron chi connectivity index (χ0n) is 10.8. The highest BCUT2D eigenvalue weighted by molar-refractivity contribution is 5.88. The van der Waals surface area contributed by atoms with Crippen molar-refractivity contribution in [3.05, 3.63) is 29.3 Å². The topological polar surface area (TPSA) is 66.8 Å². The highest BCUT2D eigenvalue weighted by atomic mass is 16.5. The fraction of sp³-hybridized carbons (Fsp3) is 0.385. The molecule has 98 valence electrons. The number of carbonyl (C=O) groups is 2. The Morgan fingerprint density at radius 3 is 2.56 bits per heavy atom. The van der Waals surface area contributed by atoms with E-state index in [1.807, 2.05) is 6.92 Å². The monoisotopic (exact) mass is 251 g/mol. The average molecular weight is 251 g/mol. The van der Waals surface area contributed by atoms with Gasteiger partial charge in [-0.3, -0.25) is 4.79 Å². The standard InChI is InChI=1S/C13H17NO4/c1-9-4-5-10(13(16)17)8-11(9)18-7-6-12(15)14(2)3/h4-5,8H,6-7H2,1-3H3,(H,16,17). The third-order valence-electron chi connectivity index (χ3n) is 2.51. The number of hydrogen-bond donors (Lipinski definition) is 1. The van der Waals surface area contributed by atoms with Gasteiger partial charge in [0.15, 0.2) is 0 Å². The molecule has 1 rings (SSSR count). The molecule has 1 N–H and O–H groups in total. The maximum atomic E-state index is 11.3. The van der Waals surface area contributed by atoms with Crippen LogP contribution in [0.5, 0.6) is 5.75 Å². The molecule has 0 atom stereocenters. The summed E-state index contributed by atoms with van der Waals surface area (Å²) < 4.78 is 5.44. The molecular formula is C13H17NO4. The first kappa shape index (κ1) is 14.0. The summed E-state index contributed by atoms with van der Waals surface area (Å²) in [5.41, 5.74) is 1.02. The number of ether oxygens (including phenoxy) is 1. The van der Waals surface area contributed by atoms with Gasteiger partial charge in [-0.25, -0.2) is 4.79 Å². The van der Waals surface area contributed by atoms with E-state index in [-0.39, 0.29) is 24.5 Å². The van der Waals surface area contributed by atoms with Crippen LogP contribution >= 0.6 is 0 Å². The van der Waals surface area contributed by atoms with Gasteiger partial charge in [0.25, 0.3) is 0 Å². The Bertz CT molecular complexity index is 454. The molecule has 18 heavy (non-hydrogen) atoms. The lowest BCUT2D eigenvalue weighted by Crippen LogP contribution is -2.23. The Morgan fingerprint density at radius 2 is 2.00 bits per heavy atom. The molecule has 5 heteroatoms. The molecule has 0 aromatic heterocycles. The third kappa shape index (κ3) is 3.76. The van der Waals surface area contributed by atoms with E-state index in [9.17, 15) is 9.59 Å². The molecule has 0 aliphatic heterocycles. The van der Waals surface area contributed by atoms with Crippen molar-refractivity contribution in [2.45, 2.75) is 13.3 Å². The predicted octanol–water partition coefficient (Wildman–Crippen LogP) is 1.55. The van der Waals surface area contributed by atoms with E-state index in [0.29, 0.717) is 5.75 Å². The SMILES string of the molecule is Cc1ccc(C(=O)O)cc1OCCC(=O)N(C)C. The van der Waals surface area contributed by atoms with Crippen molar-refractivity contribution in [3.8, 4) is 5.75 Å². The van der Waals surface area contributed by atoms with Crippen molar-refractivity contribution in [2.24, 2.45) is 0 Å². The third-order valence-corrected chi connectivity index (χ3v) is 2.51. The van der Waals surface area contributed by atoms with Gasteiger partial charge in [0.05, 0.1) is 18.6 Å². The lowest BCUT2D eigenvalue weighted by molar-refractivity contribution is -0.129. The zero-order valence-corrected chi connectivity index (χ0v) is 10.8. The molecule has 0 aliphatic carbocycles. The fourth-order valence-electron chi connectivity index (χ4n) is 1.36. The molecule has 0 heterocycles. The molecule has 0 fully saturated rings. The first-order valence-electron chi connectivity index (χ1n) is 5.58. The van der Waals surface area contributed by atoms with Gasteiger partial charge in [0, 0.05) is 14.1 Å². The molecule has 5 nitrogen and oxygen atoms in total. The summed E-state index contributed by atoms with van der Waals surface area (Å²) in [5, 5.41) is 8.87. The van der Waals surface area contributed by atoms with Gasteiger partial charge >= 0.3 is 5.97 Å². The smallest absolute Gasteiger partial charge is 0.335 e. The number of carboxylic acids is 1. The fourth-order valence-corrected chi connectivity index (χ4v) is 1.36. The van der Waals surface area contributed by atoms with E-state index in [2.05, 4.69) is 0 Å². The Hall–Kier alpha value is -2.04. The zero-order chi connectivity index (χ0) is 13.7. The lowest BCUT2D eigenvalue weighted by Gasteiger charge is -2.12. The van der Waals surface area contributed by atoms with Gasteiger partial charge in [-0.05, 0) is 24.6 Å². The molecule has 0 radical (unpaired) electrons. The first-order valence-corrected chi connectivity index (χ1v) is 5.58. The number of hydrogen-bond acceptors (Lipinski definition) is 3. The summed E-state index contributed by atoms with van der Waals surface area (Å²) in [4.78, 5) is 23.7. The van der Waals surface area contributed by atoms with Crippen LogP contribution in [0.15, 0.2) is 18.2 Å². The largest absolute Gasteiger partial charge is 0.493 e. The maximum Gasteiger partial charge on any atom is 0.335 e. The second-order valence-corrected chi connectivity index (χ2v) is 4.17. The van der Waals surface area contributed by atoms with Crippen molar-refractivity contribution in [2.75, 3.05) is 20.7 Å². The molecule has 0 saturated carbocycles. The van der Waals surface area contributed by atoms with Gasteiger partial charge in [-0.2, -0.15) is 0 Å². The van der Waals surface area contributed by atoms with Crippen LogP contribution in [0.2, 0.25) is 0 Å². The van der Waals surface area contributed by atoms with Gasteiger partial charge < -0.3 is 14.7 Å². The number of aryl methyl sites for hydroxylation is 1. The van der Waals surface area contributed by atoms with Crippen LogP contribution in [0.25, 0.3) is 0 Å². The quantitative estimate of drug-likeness (QED) is 0.862. The molecule has 0 unspecified atom stereocenters. The molecule has 0 bridgehead atoms. The van der Waals surface area contributed by atoms with E-state index >= 15 is 0 Å². The maximum absolute atomic E-state index is 11.3. The first-order chi connectivity index (χ1) is 8.41. The van der Waals surface area contributed by atoms with Gasteiger partial charge in [-0.15, -0.1) is 0 Å². The molecule has 0 spiro atoms. The average Bonchev–Trinajstić information content (AvgIpc) is 2.30. The van der Waals surface area contributed by atoms with E-state index in [1.54, 1.807) is 20.2 Å². The normalized spacial score (nSPS) is 9.94. The molecule has 0 aliphatic rings. The van der Waals surface area contributed by atoms with Crippen molar-refractivity contribution in [1.82, 2.24) is 4.90 Å². The molecular weight excluding hydrogens is 234 g/mol. The van der Waals surface area contributed by atoms with Crippen molar-refractivity contribution < 1.29 is 19.4 Å². The Balaban J connectivity index is 2.64. The van der Waals surface area contributed by atoms with E-state index < -0.39 is 5.97 Å². The van der Waals surface area contributed by atoms with Gasteiger partial charge in [0.1, 0.15) is 5.75 Å². The van der Waals surface area contributed by atoms with Crippen LogP contribution < -0.4 is 4.74 Å². The van der Waals surface area contributed by atoms with Gasteiger partial charge in [-0.1, -0.05) is 6.07 Å². The minimum atomic E-state index is -0.996. The summed E-state index contributed by atoms with van der Waals surface area (Å²) in [6.45, 7) is 2.07. The summed E-state index contributed by atoms with van der Waals surface area (Å²) in [6.07, 6.45) is 0.268. The number of benzene rings is 1. The minimum Gasteiger partial charge on any atom is -0.493 e. The second kappa shape index (κ2) is 6.05. The summed E-state index contributed by atoms with van der Waals surface area (Å²) in [7, 11) is 3.36. The lowest BCUT2D eigenvalue weighted by atomic mass is 10.1. The molecule has 1 aromatic rings. The van der Waals surface area contributed by atoms with Crippen molar-refractivity contribution in [3.63, 3.8) is 0 Å². The minimum absolute atomic E-state index is 0.0259. The van der Waals surface area contributed by atoms with Crippen LogP contribution in [0.3, 0.4) is 0 Å². The Morgan fingerprint density at radius 1 is 1.33 bits per heavy atom. The van der Waals surface area contributed by atoms with E-state index in [0.717, 1.165) is 5.56 Å². The van der Waals surface area contributed by atoms with Crippen LogP contribution in [0, 0.1) is 6.92 Å². The highest BCUT2D eigenvalue weighted by Crippen LogP contribution is 2.19. The Kier molecular flexibility index (Phi) is 4.71. The van der Waals surface area contributed by atoms with Crippen molar-refractivity contribution in [1.29, 1.82) is 0 Å². The second-order valence-electron chi connectivity index (χ2n) is 4.17. The molecule has 0 saturated heterocycles. The number of nitrogens with zero attached hydrogens (tertiary/aromatic N) is 1. The van der Waals surface area contributed by atoms with Crippen LogP contribution in [0.4, 0.5) is 0 Å². The number of carbonyl (C=O) groups excluding carboxylic acids is 1.